The van der Waals surface area contributed by atoms with Gasteiger partial charge in [0, 0.05) is 17.2 Å². The zero-order valence-electron chi connectivity index (χ0n) is 22.7. The number of carbonyl (C=O) groups excluding carboxylic acids is 1. The first-order valence-electron chi connectivity index (χ1n) is 13.0. The molecule has 44 heavy (non-hydrogen) atoms. The van der Waals surface area contributed by atoms with E-state index in [0.29, 0.717) is 16.3 Å². The Balaban J connectivity index is 1.51. The fraction of sp³-hybridized carbons (Fsp3) is 0.167. The molecular weight excluding hydrogens is 623 g/mol. The minimum Gasteiger partial charge on any atom is -0.489 e. The molecule has 0 spiro atoms. The molecule has 14 heteroatoms. The van der Waals surface area contributed by atoms with E-state index in [-0.39, 0.29) is 33.8 Å². The van der Waals surface area contributed by atoms with E-state index in [9.17, 15) is 32.9 Å². The van der Waals surface area contributed by atoms with Crippen LogP contribution in [0.25, 0.3) is 6.08 Å². The number of rotatable bonds is 8. The van der Waals surface area contributed by atoms with Crippen molar-refractivity contribution in [1.82, 2.24) is 4.57 Å². The van der Waals surface area contributed by atoms with Crippen LogP contribution in [0.5, 0.6) is 5.75 Å². The first-order chi connectivity index (χ1) is 21.0. The Morgan fingerprint density at radius 1 is 1.09 bits per heavy atom. The molecule has 0 amide bonds. The Labute approximate surface area is 255 Å². The summed E-state index contributed by atoms with van der Waals surface area (Å²) in [4.78, 5) is 40.4. The lowest BCUT2D eigenvalue weighted by Crippen LogP contribution is -2.41. The summed E-state index contributed by atoms with van der Waals surface area (Å²) in [6.45, 7) is 1.44. The molecule has 226 valence electrons. The van der Waals surface area contributed by atoms with Gasteiger partial charge in [0.25, 0.3) is 11.2 Å². The molecule has 0 unspecified atom stereocenters. The number of nitrogens with zero attached hydrogens (tertiary/aromatic N) is 3. The molecular formula is C30H21ClF3N3O6S. The topological polar surface area (TPSA) is 113 Å². The van der Waals surface area contributed by atoms with Crippen LogP contribution in [0.2, 0.25) is 5.02 Å². The number of esters is 1. The lowest BCUT2D eigenvalue weighted by atomic mass is 9.95. The van der Waals surface area contributed by atoms with Gasteiger partial charge in [0.05, 0.1) is 27.7 Å². The van der Waals surface area contributed by atoms with Gasteiger partial charge in [-0.25, -0.2) is 9.79 Å². The van der Waals surface area contributed by atoms with Crippen LogP contribution in [0, 0.1) is 10.1 Å². The number of ether oxygens (including phenoxy) is 2. The largest absolute Gasteiger partial charge is 0.489 e. The number of aromatic nitrogens is 1. The lowest BCUT2D eigenvalue weighted by molar-refractivity contribution is -0.384. The van der Waals surface area contributed by atoms with Crippen molar-refractivity contribution in [2.45, 2.75) is 25.7 Å². The number of fused-ring (bicyclic) bond motifs is 1. The summed E-state index contributed by atoms with van der Waals surface area (Å²) in [6.07, 6.45) is -3.50. The maximum absolute atomic E-state index is 14.2. The van der Waals surface area contributed by atoms with Gasteiger partial charge in [-0.15, -0.1) is 0 Å². The highest BCUT2D eigenvalue weighted by Gasteiger charge is 2.45. The van der Waals surface area contributed by atoms with Crippen molar-refractivity contribution in [3.8, 4) is 5.75 Å². The van der Waals surface area contributed by atoms with Crippen molar-refractivity contribution in [2.24, 2.45) is 4.99 Å². The molecule has 0 radical (unpaired) electrons. The second-order valence-corrected chi connectivity index (χ2v) is 10.8. The number of allylic oxidation sites excluding steroid dienone is 1. The average molecular weight is 644 g/mol. The SMILES string of the molecule is CCOC(=O)C1=C(C(F)(F)F)N=c2s/c(=C\c3ccc(OCc4ccc([N+](=O)[O-])cc4)cc3)c(=O)n2[C@@H]1c1ccc(Cl)cc1. The number of hydrogen-bond acceptors (Lipinski definition) is 8. The fourth-order valence-electron chi connectivity index (χ4n) is 4.49. The van der Waals surface area contributed by atoms with E-state index in [4.69, 9.17) is 21.1 Å². The van der Waals surface area contributed by atoms with Crippen LogP contribution in [0.4, 0.5) is 18.9 Å². The van der Waals surface area contributed by atoms with Gasteiger partial charge >= 0.3 is 12.1 Å². The van der Waals surface area contributed by atoms with Crippen LogP contribution >= 0.6 is 22.9 Å². The summed E-state index contributed by atoms with van der Waals surface area (Å²) in [5.41, 5.74) is -1.41. The first-order valence-corrected chi connectivity index (χ1v) is 14.2. The van der Waals surface area contributed by atoms with Gasteiger partial charge in [0.2, 0.25) is 0 Å². The zero-order valence-corrected chi connectivity index (χ0v) is 24.3. The molecule has 0 N–H and O–H groups in total. The summed E-state index contributed by atoms with van der Waals surface area (Å²) >= 11 is 6.76. The second-order valence-electron chi connectivity index (χ2n) is 9.40. The van der Waals surface area contributed by atoms with E-state index < -0.39 is 39.9 Å². The summed E-state index contributed by atoms with van der Waals surface area (Å²) in [7, 11) is 0. The van der Waals surface area contributed by atoms with Crippen LogP contribution in [0.15, 0.2) is 93.9 Å². The lowest BCUT2D eigenvalue weighted by Gasteiger charge is -2.26. The predicted octanol–water partition coefficient (Wildman–Crippen LogP) is 5.48. The van der Waals surface area contributed by atoms with Crippen LogP contribution in [0.1, 0.15) is 29.7 Å². The molecule has 1 aliphatic rings. The molecule has 0 aliphatic carbocycles. The zero-order chi connectivity index (χ0) is 31.6. The van der Waals surface area contributed by atoms with Crippen molar-refractivity contribution < 1.29 is 32.4 Å². The fourth-order valence-corrected chi connectivity index (χ4v) is 5.62. The third-order valence-electron chi connectivity index (χ3n) is 6.51. The average Bonchev–Trinajstić information content (AvgIpc) is 3.30. The highest BCUT2D eigenvalue weighted by molar-refractivity contribution is 7.07. The van der Waals surface area contributed by atoms with E-state index in [1.807, 2.05) is 0 Å². The number of non-ortho nitro benzene ring substituents is 1. The van der Waals surface area contributed by atoms with Crippen molar-refractivity contribution in [1.29, 1.82) is 0 Å². The van der Waals surface area contributed by atoms with Crippen LogP contribution < -0.4 is 19.6 Å². The molecule has 1 aromatic heterocycles. The van der Waals surface area contributed by atoms with Gasteiger partial charge in [0.1, 0.15) is 12.4 Å². The van der Waals surface area contributed by atoms with Crippen molar-refractivity contribution in [3.05, 3.63) is 136 Å². The monoisotopic (exact) mass is 643 g/mol. The highest BCUT2D eigenvalue weighted by atomic mass is 35.5. The third kappa shape index (κ3) is 6.43. The maximum Gasteiger partial charge on any atom is 0.434 e. The van der Waals surface area contributed by atoms with Gasteiger partial charge in [0.15, 0.2) is 10.5 Å². The summed E-state index contributed by atoms with van der Waals surface area (Å²) in [5, 5.41) is 11.1. The number of nitro benzene ring substituents is 1. The molecule has 1 aliphatic heterocycles. The molecule has 0 bridgehead atoms. The molecule has 9 nitrogen and oxygen atoms in total. The summed E-state index contributed by atoms with van der Waals surface area (Å²) in [6, 6.07) is 16.9. The first kappa shape index (κ1) is 30.7. The Morgan fingerprint density at radius 2 is 1.75 bits per heavy atom. The number of alkyl halides is 3. The summed E-state index contributed by atoms with van der Waals surface area (Å²) < 4.78 is 54.6. The van der Waals surface area contributed by atoms with E-state index in [1.165, 1.54) is 49.4 Å². The molecule has 3 aromatic carbocycles. The van der Waals surface area contributed by atoms with E-state index in [2.05, 4.69) is 4.99 Å². The van der Waals surface area contributed by atoms with Gasteiger partial charge in [-0.3, -0.25) is 19.5 Å². The second kappa shape index (κ2) is 12.5. The molecule has 0 saturated heterocycles. The van der Waals surface area contributed by atoms with Crippen LogP contribution in [-0.4, -0.2) is 28.2 Å². The highest BCUT2D eigenvalue weighted by Crippen LogP contribution is 2.38. The summed E-state index contributed by atoms with van der Waals surface area (Å²) in [5.74, 6) is -0.749. The molecule has 2 heterocycles. The quantitative estimate of drug-likeness (QED) is 0.143. The molecule has 5 rings (SSSR count). The smallest absolute Gasteiger partial charge is 0.434 e. The normalized spacial score (nSPS) is 15.0. The Morgan fingerprint density at radius 3 is 2.34 bits per heavy atom. The molecule has 0 fully saturated rings. The molecule has 4 aromatic rings. The Bertz CT molecular complexity index is 1930. The van der Waals surface area contributed by atoms with E-state index in [1.54, 1.807) is 36.4 Å². The van der Waals surface area contributed by atoms with E-state index >= 15 is 0 Å². The van der Waals surface area contributed by atoms with Crippen molar-refractivity contribution >= 4 is 40.7 Å². The van der Waals surface area contributed by atoms with Gasteiger partial charge in [-0.05, 0) is 66.1 Å². The number of carbonyl (C=O) groups is 1. The number of nitro groups is 1. The Hall–Kier alpha value is -4.75. The standard InChI is InChI=1S/C30H21ClF3N3O6S/c1-2-42-28(39)24-25(19-7-9-20(31)10-8-19)36-27(38)23(44-29(36)35-26(24)30(32,33)34)15-17-5-13-22(14-6-17)43-16-18-3-11-21(12-4-18)37(40)41/h3-15,25H,2,16H2,1H3/b23-15-/t25-/m1/s1. The van der Waals surface area contributed by atoms with Gasteiger partial charge < -0.3 is 9.47 Å². The molecule has 1 atom stereocenters. The maximum atomic E-state index is 14.2. The number of benzene rings is 3. The van der Waals surface area contributed by atoms with Crippen LogP contribution in [-0.2, 0) is 16.1 Å². The van der Waals surface area contributed by atoms with Gasteiger partial charge in [-0.2, -0.15) is 13.2 Å². The van der Waals surface area contributed by atoms with Crippen molar-refractivity contribution in [3.63, 3.8) is 0 Å². The van der Waals surface area contributed by atoms with E-state index in [0.717, 1.165) is 21.5 Å². The minimum atomic E-state index is -5.01. The van der Waals surface area contributed by atoms with Gasteiger partial charge in [-0.1, -0.05) is 47.2 Å². The predicted molar refractivity (Wildman–Crippen MR) is 156 cm³/mol. The third-order valence-corrected chi connectivity index (χ3v) is 7.75. The number of hydrogen-bond donors (Lipinski definition) is 0. The number of thiazole rings is 1. The molecule has 0 saturated carbocycles. The van der Waals surface area contributed by atoms with Crippen LogP contribution in [0.3, 0.4) is 0 Å². The van der Waals surface area contributed by atoms with Crippen molar-refractivity contribution in [2.75, 3.05) is 6.61 Å². The Kier molecular flexibility index (Phi) is 8.70. The number of halogens is 4. The minimum absolute atomic E-state index is 0.0328.